The second-order valence-electron chi connectivity index (χ2n) is 4.81. The van der Waals surface area contributed by atoms with Crippen molar-refractivity contribution in [2.24, 2.45) is 0 Å². The number of anilines is 1. The smallest absolute Gasteiger partial charge is 0.341 e. The summed E-state index contributed by atoms with van der Waals surface area (Å²) in [5.74, 6) is -1.37. The first-order valence-corrected chi connectivity index (χ1v) is 8.17. The summed E-state index contributed by atoms with van der Waals surface area (Å²) in [4.78, 5) is 23.9. The highest BCUT2D eigenvalue weighted by atomic mass is 35.5. The Morgan fingerprint density at radius 2 is 1.67 bits per heavy atom. The summed E-state index contributed by atoms with van der Waals surface area (Å²) < 4.78 is 4.92. The average Bonchev–Trinajstić information content (AvgIpc) is 2.53. The SMILES string of the molecule is Cc1ccc(NC(=O)COC(=O)c2c(Cl)ccc(Cl)c2Cl)cc1Cl. The zero-order valence-electron chi connectivity index (χ0n) is 12.3. The molecule has 0 saturated heterocycles. The summed E-state index contributed by atoms with van der Waals surface area (Å²) in [7, 11) is 0. The highest BCUT2D eigenvalue weighted by molar-refractivity contribution is 6.46. The molecular weight excluding hydrogens is 396 g/mol. The molecule has 0 aliphatic rings. The van der Waals surface area contributed by atoms with Gasteiger partial charge in [0, 0.05) is 10.7 Å². The van der Waals surface area contributed by atoms with Crippen LogP contribution in [0.4, 0.5) is 5.69 Å². The largest absolute Gasteiger partial charge is 0.452 e. The van der Waals surface area contributed by atoms with E-state index in [-0.39, 0.29) is 20.6 Å². The number of rotatable bonds is 4. The predicted octanol–water partition coefficient (Wildman–Crippen LogP) is 5.40. The maximum absolute atomic E-state index is 12.0. The van der Waals surface area contributed by atoms with E-state index in [4.69, 9.17) is 51.1 Å². The molecular formula is C16H11Cl4NO3. The molecule has 24 heavy (non-hydrogen) atoms. The Labute approximate surface area is 158 Å². The van der Waals surface area contributed by atoms with E-state index in [2.05, 4.69) is 5.32 Å². The standard InChI is InChI=1S/C16H11Cl4NO3/c1-8-2-3-9(6-12(8)19)21-13(22)7-24-16(23)14-10(17)4-5-11(18)15(14)20/h2-6H,7H2,1H3,(H,21,22). The van der Waals surface area contributed by atoms with Crippen molar-refractivity contribution < 1.29 is 14.3 Å². The van der Waals surface area contributed by atoms with E-state index in [0.717, 1.165) is 5.56 Å². The van der Waals surface area contributed by atoms with E-state index < -0.39 is 18.5 Å². The number of carbonyl (C=O) groups is 2. The molecule has 0 bridgehead atoms. The van der Waals surface area contributed by atoms with Crippen LogP contribution in [0.1, 0.15) is 15.9 Å². The number of ether oxygens (including phenoxy) is 1. The molecule has 0 atom stereocenters. The zero-order valence-corrected chi connectivity index (χ0v) is 15.4. The maximum Gasteiger partial charge on any atom is 0.341 e. The Balaban J connectivity index is 2.00. The summed E-state index contributed by atoms with van der Waals surface area (Å²) in [6.45, 7) is 1.33. The van der Waals surface area contributed by atoms with Crippen LogP contribution in [0, 0.1) is 6.92 Å². The Bertz CT molecular complexity index is 808. The Morgan fingerprint density at radius 3 is 2.33 bits per heavy atom. The number of hydrogen-bond donors (Lipinski definition) is 1. The van der Waals surface area contributed by atoms with E-state index in [1.54, 1.807) is 18.2 Å². The topological polar surface area (TPSA) is 55.4 Å². The van der Waals surface area contributed by atoms with Crippen LogP contribution in [-0.4, -0.2) is 18.5 Å². The molecule has 8 heteroatoms. The van der Waals surface area contributed by atoms with Gasteiger partial charge in [-0.15, -0.1) is 0 Å². The molecule has 2 rings (SSSR count). The number of hydrogen-bond acceptors (Lipinski definition) is 3. The van der Waals surface area contributed by atoms with E-state index in [9.17, 15) is 9.59 Å². The van der Waals surface area contributed by atoms with Gasteiger partial charge in [-0.05, 0) is 36.8 Å². The second kappa shape index (κ2) is 8.08. The van der Waals surface area contributed by atoms with Crippen LogP contribution < -0.4 is 5.32 Å². The minimum Gasteiger partial charge on any atom is -0.452 e. The predicted molar refractivity (Wildman–Crippen MR) is 96.6 cm³/mol. The molecule has 0 saturated carbocycles. The Hall–Kier alpha value is -1.46. The van der Waals surface area contributed by atoms with Gasteiger partial charge < -0.3 is 10.1 Å². The van der Waals surface area contributed by atoms with Crippen LogP contribution in [0.3, 0.4) is 0 Å². The van der Waals surface area contributed by atoms with Crippen molar-refractivity contribution in [3.05, 3.63) is 61.5 Å². The fourth-order valence-electron chi connectivity index (χ4n) is 1.79. The van der Waals surface area contributed by atoms with Gasteiger partial charge in [-0.1, -0.05) is 52.5 Å². The molecule has 1 amide bonds. The van der Waals surface area contributed by atoms with Crippen molar-refractivity contribution in [1.29, 1.82) is 0 Å². The molecule has 0 aromatic heterocycles. The molecule has 2 aromatic rings. The minimum absolute atomic E-state index is 0.0279. The van der Waals surface area contributed by atoms with Crippen LogP contribution in [0.5, 0.6) is 0 Å². The van der Waals surface area contributed by atoms with Crippen LogP contribution in [0.25, 0.3) is 0 Å². The van der Waals surface area contributed by atoms with Crippen molar-refractivity contribution in [3.63, 3.8) is 0 Å². The van der Waals surface area contributed by atoms with Gasteiger partial charge in [-0.2, -0.15) is 0 Å². The van der Waals surface area contributed by atoms with Gasteiger partial charge in [-0.3, -0.25) is 4.79 Å². The van der Waals surface area contributed by atoms with Gasteiger partial charge in [-0.25, -0.2) is 4.79 Å². The van der Waals surface area contributed by atoms with Gasteiger partial charge in [0.1, 0.15) is 0 Å². The van der Waals surface area contributed by atoms with E-state index in [0.29, 0.717) is 10.7 Å². The van der Waals surface area contributed by atoms with Gasteiger partial charge in [0.2, 0.25) is 0 Å². The second-order valence-corrected chi connectivity index (χ2v) is 6.41. The molecule has 0 unspecified atom stereocenters. The summed E-state index contributed by atoms with van der Waals surface area (Å²) in [5.41, 5.74) is 1.29. The number of esters is 1. The Kier molecular flexibility index (Phi) is 6.35. The molecule has 0 heterocycles. The summed E-state index contributed by atoms with van der Waals surface area (Å²) in [6, 6.07) is 7.92. The van der Waals surface area contributed by atoms with Crippen molar-refractivity contribution in [1.82, 2.24) is 0 Å². The number of carbonyl (C=O) groups excluding carboxylic acids is 2. The Morgan fingerprint density at radius 1 is 1.00 bits per heavy atom. The maximum atomic E-state index is 12.0. The van der Waals surface area contributed by atoms with Gasteiger partial charge in [0.15, 0.2) is 6.61 Å². The number of nitrogens with one attached hydrogen (secondary N) is 1. The average molecular weight is 407 g/mol. The summed E-state index contributed by atoms with van der Waals surface area (Å²) in [5, 5.41) is 3.30. The summed E-state index contributed by atoms with van der Waals surface area (Å²) in [6.07, 6.45) is 0. The number of aryl methyl sites for hydroxylation is 1. The van der Waals surface area contributed by atoms with Crippen LogP contribution >= 0.6 is 46.4 Å². The minimum atomic E-state index is -0.843. The monoisotopic (exact) mass is 405 g/mol. The van der Waals surface area contributed by atoms with Crippen molar-refractivity contribution >= 4 is 64.0 Å². The molecule has 0 aliphatic carbocycles. The first-order chi connectivity index (χ1) is 11.3. The molecule has 2 aromatic carbocycles. The molecule has 0 radical (unpaired) electrons. The van der Waals surface area contributed by atoms with E-state index in [1.807, 2.05) is 6.92 Å². The first kappa shape index (κ1) is 18.9. The third-order valence-corrected chi connectivity index (χ3v) is 4.56. The highest BCUT2D eigenvalue weighted by Gasteiger charge is 2.19. The lowest BCUT2D eigenvalue weighted by Gasteiger charge is -2.10. The van der Waals surface area contributed by atoms with E-state index >= 15 is 0 Å². The number of halogens is 4. The zero-order chi connectivity index (χ0) is 17.9. The first-order valence-electron chi connectivity index (χ1n) is 6.66. The lowest BCUT2D eigenvalue weighted by Crippen LogP contribution is -2.21. The lowest BCUT2D eigenvalue weighted by atomic mass is 10.2. The number of amides is 1. The fourth-order valence-corrected chi connectivity index (χ4v) is 2.65. The molecule has 0 aliphatic heterocycles. The molecule has 1 N–H and O–H groups in total. The highest BCUT2D eigenvalue weighted by Crippen LogP contribution is 2.31. The third kappa shape index (κ3) is 4.54. The molecule has 4 nitrogen and oxygen atoms in total. The van der Waals surface area contributed by atoms with Gasteiger partial charge in [0.25, 0.3) is 5.91 Å². The fraction of sp³-hybridized carbons (Fsp3) is 0.125. The molecule has 126 valence electrons. The normalized spacial score (nSPS) is 10.4. The van der Waals surface area contributed by atoms with Crippen molar-refractivity contribution in [3.8, 4) is 0 Å². The third-order valence-electron chi connectivity index (χ3n) is 3.04. The van der Waals surface area contributed by atoms with Gasteiger partial charge in [0.05, 0.1) is 20.6 Å². The van der Waals surface area contributed by atoms with Gasteiger partial charge >= 0.3 is 5.97 Å². The van der Waals surface area contributed by atoms with Crippen molar-refractivity contribution in [2.75, 3.05) is 11.9 Å². The summed E-state index contributed by atoms with van der Waals surface area (Å²) >= 11 is 23.7. The quantitative estimate of drug-likeness (QED) is 0.545. The molecule has 0 spiro atoms. The van der Waals surface area contributed by atoms with Crippen LogP contribution in [0.15, 0.2) is 30.3 Å². The van der Waals surface area contributed by atoms with Crippen LogP contribution in [0.2, 0.25) is 20.1 Å². The lowest BCUT2D eigenvalue weighted by molar-refractivity contribution is -0.119. The van der Waals surface area contributed by atoms with Crippen molar-refractivity contribution in [2.45, 2.75) is 6.92 Å². The number of benzene rings is 2. The van der Waals surface area contributed by atoms with Crippen LogP contribution in [-0.2, 0) is 9.53 Å². The van der Waals surface area contributed by atoms with E-state index in [1.165, 1.54) is 12.1 Å². The molecule has 0 fully saturated rings.